The molecule has 0 amide bonds. The van der Waals surface area contributed by atoms with E-state index in [4.69, 9.17) is 0 Å². The van der Waals surface area contributed by atoms with Crippen LogP contribution < -0.4 is 4.90 Å². The van der Waals surface area contributed by atoms with Gasteiger partial charge in [0.05, 0.1) is 0 Å². The second kappa shape index (κ2) is 5.23. The minimum Gasteiger partial charge on any atom is -0.368 e. The summed E-state index contributed by atoms with van der Waals surface area (Å²) in [5.41, 5.74) is 2.78. The van der Waals surface area contributed by atoms with Crippen LogP contribution in [0.25, 0.3) is 0 Å². The van der Waals surface area contributed by atoms with E-state index in [1.165, 1.54) is 17.7 Å². The highest BCUT2D eigenvalue weighted by molar-refractivity contribution is 5.83. The predicted octanol–water partition coefficient (Wildman–Crippen LogP) is 3.69. The zero-order valence-electron chi connectivity index (χ0n) is 12.8. The van der Waals surface area contributed by atoms with Crippen molar-refractivity contribution in [1.29, 1.82) is 0 Å². The number of ketones is 1. The fraction of sp³-hybridized carbons (Fsp3) is 0.611. The highest BCUT2D eigenvalue weighted by Crippen LogP contribution is 2.36. The molecule has 4 unspecified atom stereocenters. The molecule has 1 aliphatic carbocycles. The Labute approximate surface area is 122 Å². The first-order valence-corrected chi connectivity index (χ1v) is 7.93. The Balaban J connectivity index is 1.79. The number of carbonyl (C=O) groups is 1. The smallest absolute Gasteiger partial charge is 0.138 e. The molecular weight excluding hydrogens is 246 g/mol. The number of carbonyl (C=O) groups excluding carboxylic acids is 1. The van der Waals surface area contributed by atoms with Crippen molar-refractivity contribution in [3.05, 3.63) is 29.8 Å². The van der Waals surface area contributed by atoms with Gasteiger partial charge in [-0.1, -0.05) is 32.0 Å². The van der Waals surface area contributed by atoms with Crippen LogP contribution in [-0.4, -0.2) is 18.4 Å². The second-order valence-electron chi connectivity index (χ2n) is 6.93. The van der Waals surface area contributed by atoms with E-state index in [9.17, 15) is 4.79 Å². The maximum Gasteiger partial charge on any atom is 0.138 e. The van der Waals surface area contributed by atoms with E-state index in [-0.39, 0.29) is 5.92 Å². The Bertz CT molecular complexity index is 510. The third-order valence-electron chi connectivity index (χ3n) is 5.17. The van der Waals surface area contributed by atoms with Crippen molar-refractivity contribution in [2.45, 2.75) is 46.1 Å². The van der Waals surface area contributed by atoms with Gasteiger partial charge in [-0.25, -0.2) is 0 Å². The first kappa shape index (κ1) is 13.7. The average Bonchev–Trinajstić information content (AvgIpc) is 2.69. The van der Waals surface area contributed by atoms with Gasteiger partial charge >= 0.3 is 0 Å². The molecule has 1 saturated carbocycles. The SMILES string of the molecule is CC1CC(=O)C(CN2c3ccccc3CC2C)C(C)C1. The molecule has 1 aromatic carbocycles. The molecule has 2 heteroatoms. The molecule has 1 aliphatic heterocycles. The summed E-state index contributed by atoms with van der Waals surface area (Å²) in [4.78, 5) is 14.9. The van der Waals surface area contributed by atoms with Gasteiger partial charge in [-0.05, 0) is 43.2 Å². The van der Waals surface area contributed by atoms with Crippen molar-refractivity contribution in [2.75, 3.05) is 11.4 Å². The third kappa shape index (κ3) is 2.36. The largest absolute Gasteiger partial charge is 0.368 e. The Morgan fingerprint density at radius 3 is 2.65 bits per heavy atom. The number of rotatable bonds is 2. The lowest BCUT2D eigenvalue weighted by Gasteiger charge is -2.36. The van der Waals surface area contributed by atoms with Gasteiger partial charge in [0.15, 0.2) is 0 Å². The Hall–Kier alpha value is -1.31. The van der Waals surface area contributed by atoms with Crippen LogP contribution in [-0.2, 0) is 11.2 Å². The van der Waals surface area contributed by atoms with Gasteiger partial charge in [-0.15, -0.1) is 0 Å². The number of anilines is 1. The topological polar surface area (TPSA) is 20.3 Å². The van der Waals surface area contributed by atoms with E-state index in [1.807, 2.05) is 0 Å². The van der Waals surface area contributed by atoms with Gasteiger partial charge in [-0.2, -0.15) is 0 Å². The van der Waals surface area contributed by atoms with Crippen LogP contribution in [0.3, 0.4) is 0 Å². The van der Waals surface area contributed by atoms with E-state index in [0.717, 1.165) is 19.4 Å². The number of para-hydroxylation sites is 1. The molecular formula is C18H25NO. The first-order chi connectivity index (χ1) is 9.56. The molecule has 3 rings (SSSR count). The predicted molar refractivity (Wildman–Crippen MR) is 83.0 cm³/mol. The molecule has 1 fully saturated rings. The van der Waals surface area contributed by atoms with Crippen LogP contribution in [0.15, 0.2) is 24.3 Å². The highest BCUT2D eigenvalue weighted by Gasteiger charge is 2.36. The van der Waals surface area contributed by atoms with Crippen LogP contribution in [0, 0.1) is 17.8 Å². The molecule has 4 atom stereocenters. The van der Waals surface area contributed by atoms with Crippen LogP contribution in [0.5, 0.6) is 0 Å². The summed E-state index contributed by atoms with van der Waals surface area (Å²) < 4.78 is 0. The monoisotopic (exact) mass is 271 g/mol. The maximum absolute atomic E-state index is 12.4. The molecule has 1 heterocycles. The first-order valence-electron chi connectivity index (χ1n) is 7.93. The summed E-state index contributed by atoms with van der Waals surface area (Å²) >= 11 is 0. The van der Waals surface area contributed by atoms with E-state index < -0.39 is 0 Å². The maximum atomic E-state index is 12.4. The Morgan fingerprint density at radius 2 is 1.90 bits per heavy atom. The Morgan fingerprint density at radius 1 is 1.15 bits per heavy atom. The van der Waals surface area contributed by atoms with Crippen molar-refractivity contribution in [1.82, 2.24) is 0 Å². The van der Waals surface area contributed by atoms with Gasteiger partial charge < -0.3 is 4.90 Å². The van der Waals surface area contributed by atoms with Gasteiger partial charge in [0, 0.05) is 30.6 Å². The summed E-state index contributed by atoms with van der Waals surface area (Å²) in [5, 5.41) is 0. The zero-order chi connectivity index (χ0) is 14.3. The molecule has 0 saturated heterocycles. The van der Waals surface area contributed by atoms with Crippen LogP contribution >= 0.6 is 0 Å². The summed E-state index contributed by atoms with van der Waals surface area (Å²) in [5.74, 6) is 1.79. The van der Waals surface area contributed by atoms with Crippen LogP contribution in [0.4, 0.5) is 5.69 Å². The van der Waals surface area contributed by atoms with Crippen molar-refractivity contribution in [3.8, 4) is 0 Å². The van der Waals surface area contributed by atoms with E-state index in [1.54, 1.807) is 0 Å². The number of hydrogen-bond donors (Lipinski definition) is 0. The molecule has 2 nitrogen and oxygen atoms in total. The van der Waals surface area contributed by atoms with E-state index in [2.05, 4.69) is 49.9 Å². The Kier molecular flexibility index (Phi) is 3.57. The fourth-order valence-electron chi connectivity index (χ4n) is 4.10. The summed E-state index contributed by atoms with van der Waals surface area (Å²) in [7, 11) is 0. The summed E-state index contributed by atoms with van der Waals surface area (Å²) in [6.45, 7) is 7.65. The molecule has 20 heavy (non-hydrogen) atoms. The van der Waals surface area contributed by atoms with Crippen molar-refractivity contribution in [2.24, 2.45) is 17.8 Å². The van der Waals surface area contributed by atoms with Gasteiger partial charge in [0.25, 0.3) is 0 Å². The molecule has 0 aromatic heterocycles. The number of fused-ring (bicyclic) bond motifs is 1. The van der Waals surface area contributed by atoms with Gasteiger partial charge in [0.1, 0.15) is 5.78 Å². The molecule has 1 aromatic rings. The molecule has 0 spiro atoms. The van der Waals surface area contributed by atoms with E-state index >= 15 is 0 Å². The number of hydrogen-bond acceptors (Lipinski definition) is 2. The lowest BCUT2D eigenvalue weighted by molar-refractivity contribution is -0.127. The van der Waals surface area contributed by atoms with Gasteiger partial charge in [-0.3, -0.25) is 4.79 Å². The molecule has 0 N–H and O–H groups in total. The minimum atomic E-state index is 0.222. The number of nitrogens with zero attached hydrogens (tertiary/aromatic N) is 1. The quantitative estimate of drug-likeness (QED) is 0.817. The molecule has 2 aliphatic rings. The lowest BCUT2D eigenvalue weighted by atomic mass is 9.74. The van der Waals surface area contributed by atoms with Crippen molar-refractivity contribution < 1.29 is 4.79 Å². The van der Waals surface area contributed by atoms with E-state index in [0.29, 0.717) is 23.7 Å². The zero-order valence-corrected chi connectivity index (χ0v) is 12.8. The second-order valence-corrected chi connectivity index (χ2v) is 6.93. The lowest BCUT2D eigenvalue weighted by Crippen LogP contribution is -2.42. The summed E-state index contributed by atoms with van der Waals surface area (Å²) in [6.07, 6.45) is 3.08. The van der Waals surface area contributed by atoms with Gasteiger partial charge in [0.2, 0.25) is 0 Å². The van der Waals surface area contributed by atoms with Crippen molar-refractivity contribution >= 4 is 11.5 Å². The van der Waals surface area contributed by atoms with Crippen LogP contribution in [0.1, 0.15) is 39.2 Å². The number of Topliss-reactive ketones (excluding diaryl/α,β-unsaturated/α-hetero) is 1. The number of benzene rings is 1. The standard InChI is InChI=1S/C18H25NO/c1-12-8-13(2)16(18(20)9-12)11-19-14(3)10-15-6-4-5-7-17(15)19/h4-7,12-14,16H,8-11H2,1-3H3. The highest BCUT2D eigenvalue weighted by atomic mass is 16.1. The third-order valence-corrected chi connectivity index (χ3v) is 5.17. The molecule has 0 radical (unpaired) electrons. The fourth-order valence-corrected chi connectivity index (χ4v) is 4.10. The normalized spacial score (nSPS) is 33.4. The average molecular weight is 271 g/mol. The van der Waals surface area contributed by atoms with Crippen LogP contribution in [0.2, 0.25) is 0 Å². The van der Waals surface area contributed by atoms with Crippen molar-refractivity contribution in [3.63, 3.8) is 0 Å². The summed E-state index contributed by atoms with van der Waals surface area (Å²) in [6, 6.07) is 9.18. The molecule has 0 bridgehead atoms. The molecule has 108 valence electrons. The minimum absolute atomic E-state index is 0.222.